The van der Waals surface area contributed by atoms with E-state index >= 15 is 0 Å². The Labute approximate surface area is 175 Å². The Morgan fingerprint density at radius 1 is 1.00 bits per heavy atom. The van der Waals surface area contributed by atoms with Gasteiger partial charge in [0.05, 0.1) is 7.11 Å². The summed E-state index contributed by atoms with van der Waals surface area (Å²) in [6.07, 6.45) is 1.74. The fraction of sp³-hybridized carbons (Fsp3) is 0.174. The Balaban J connectivity index is 0.00000240. The molecule has 0 aliphatic carbocycles. The summed E-state index contributed by atoms with van der Waals surface area (Å²) in [7, 11) is 1.66. The van der Waals surface area contributed by atoms with Crippen molar-refractivity contribution in [2.75, 3.05) is 7.11 Å². The van der Waals surface area contributed by atoms with E-state index in [0.717, 1.165) is 27.9 Å². The second kappa shape index (κ2) is 8.53. The quantitative estimate of drug-likeness (QED) is 0.399. The van der Waals surface area contributed by atoms with Gasteiger partial charge in [0.2, 0.25) is 5.88 Å². The Kier molecular flexibility index (Phi) is 6.09. The van der Waals surface area contributed by atoms with Gasteiger partial charge in [0.25, 0.3) is 0 Å². The van der Waals surface area contributed by atoms with Gasteiger partial charge in [0, 0.05) is 23.8 Å². The summed E-state index contributed by atoms with van der Waals surface area (Å²) in [4.78, 5) is 4.45. The number of aryl methyl sites for hydroxylation is 1. The van der Waals surface area contributed by atoms with E-state index < -0.39 is 0 Å². The average molecular weight is 413 g/mol. The molecule has 2 heterocycles. The van der Waals surface area contributed by atoms with E-state index in [0.29, 0.717) is 18.2 Å². The first-order valence-electron chi connectivity index (χ1n) is 9.07. The molecule has 150 valence electrons. The first-order valence-corrected chi connectivity index (χ1v) is 9.07. The molecule has 6 heteroatoms. The molecule has 0 fully saturated rings. The maximum atomic E-state index is 13.2. The van der Waals surface area contributed by atoms with Crippen molar-refractivity contribution in [3.05, 3.63) is 83.4 Å². The molecule has 0 spiro atoms. The molecule has 4 rings (SSSR count). The Morgan fingerprint density at radius 3 is 2.48 bits per heavy atom. The molecule has 0 atom stereocenters. The standard InChI is InChI=1S/C23H21FN2O2.ClH/c1-15-16(2)26(14-17-5-4-6-20(13-17)27-3)22-21(15)11-12-25-23(22)28-19-9-7-18(24)8-10-19;/h4-13H,14H2,1-3H3;1H. The van der Waals surface area contributed by atoms with Gasteiger partial charge in [0.15, 0.2) is 0 Å². The zero-order valence-electron chi connectivity index (χ0n) is 16.5. The van der Waals surface area contributed by atoms with E-state index in [1.165, 1.54) is 17.7 Å². The lowest BCUT2D eigenvalue weighted by atomic mass is 10.2. The Morgan fingerprint density at radius 2 is 1.76 bits per heavy atom. The SMILES string of the molecule is COc1cccc(Cn2c(C)c(C)c3ccnc(Oc4ccc(F)cc4)c32)c1.Cl. The summed E-state index contributed by atoms with van der Waals surface area (Å²) in [6, 6.07) is 16.0. The van der Waals surface area contributed by atoms with Crippen molar-refractivity contribution in [3.63, 3.8) is 0 Å². The number of pyridine rings is 1. The van der Waals surface area contributed by atoms with Crippen LogP contribution in [0.3, 0.4) is 0 Å². The highest BCUT2D eigenvalue weighted by atomic mass is 35.5. The molecular weight excluding hydrogens is 391 g/mol. The van der Waals surface area contributed by atoms with E-state index in [1.807, 2.05) is 24.3 Å². The minimum atomic E-state index is -0.299. The van der Waals surface area contributed by atoms with E-state index in [4.69, 9.17) is 9.47 Å². The highest BCUT2D eigenvalue weighted by Gasteiger charge is 2.17. The van der Waals surface area contributed by atoms with Crippen LogP contribution in [0.4, 0.5) is 4.39 Å². The molecule has 0 saturated carbocycles. The Bertz CT molecular complexity index is 1140. The predicted octanol–water partition coefficient (Wildman–Crippen LogP) is 6.06. The number of nitrogens with zero attached hydrogens (tertiary/aromatic N) is 2. The minimum Gasteiger partial charge on any atom is -0.497 e. The number of hydrogen-bond acceptors (Lipinski definition) is 3. The van der Waals surface area contributed by atoms with Gasteiger partial charge in [-0.25, -0.2) is 9.37 Å². The van der Waals surface area contributed by atoms with Crippen molar-refractivity contribution in [2.24, 2.45) is 0 Å². The van der Waals surface area contributed by atoms with Crippen LogP contribution < -0.4 is 9.47 Å². The van der Waals surface area contributed by atoms with Crippen molar-refractivity contribution in [2.45, 2.75) is 20.4 Å². The average Bonchev–Trinajstić information content (AvgIpc) is 2.96. The largest absolute Gasteiger partial charge is 0.497 e. The minimum absolute atomic E-state index is 0. The van der Waals surface area contributed by atoms with Gasteiger partial charge in [-0.2, -0.15) is 0 Å². The molecular formula is C23H22ClFN2O2. The topological polar surface area (TPSA) is 36.3 Å². The zero-order chi connectivity index (χ0) is 19.7. The van der Waals surface area contributed by atoms with Crippen LogP contribution >= 0.6 is 12.4 Å². The third-order valence-electron chi connectivity index (χ3n) is 5.02. The molecule has 0 aliphatic heterocycles. The monoisotopic (exact) mass is 412 g/mol. The molecule has 29 heavy (non-hydrogen) atoms. The smallest absolute Gasteiger partial charge is 0.244 e. The van der Waals surface area contributed by atoms with Gasteiger partial charge in [-0.05, 0) is 67.4 Å². The molecule has 4 nitrogen and oxygen atoms in total. The highest BCUT2D eigenvalue weighted by Crippen LogP contribution is 2.34. The summed E-state index contributed by atoms with van der Waals surface area (Å²) in [6.45, 7) is 4.86. The number of benzene rings is 2. The van der Waals surface area contributed by atoms with Crippen molar-refractivity contribution in [1.29, 1.82) is 0 Å². The maximum Gasteiger partial charge on any atom is 0.244 e. The van der Waals surface area contributed by atoms with Gasteiger partial charge < -0.3 is 14.0 Å². The van der Waals surface area contributed by atoms with Gasteiger partial charge in [0.1, 0.15) is 22.8 Å². The fourth-order valence-corrected chi connectivity index (χ4v) is 3.40. The molecule has 0 radical (unpaired) electrons. The van der Waals surface area contributed by atoms with Crippen LogP contribution in [-0.4, -0.2) is 16.7 Å². The van der Waals surface area contributed by atoms with E-state index in [9.17, 15) is 4.39 Å². The number of rotatable bonds is 5. The predicted molar refractivity (Wildman–Crippen MR) is 115 cm³/mol. The molecule has 2 aromatic heterocycles. The van der Waals surface area contributed by atoms with Crippen molar-refractivity contribution in [3.8, 4) is 17.4 Å². The van der Waals surface area contributed by atoms with E-state index in [-0.39, 0.29) is 18.2 Å². The lowest BCUT2D eigenvalue weighted by molar-refractivity contribution is 0.414. The summed E-state index contributed by atoms with van der Waals surface area (Å²) >= 11 is 0. The molecule has 0 bridgehead atoms. The fourth-order valence-electron chi connectivity index (χ4n) is 3.40. The number of ether oxygens (including phenoxy) is 2. The van der Waals surface area contributed by atoms with Gasteiger partial charge in [-0.15, -0.1) is 12.4 Å². The van der Waals surface area contributed by atoms with Crippen LogP contribution in [-0.2, 0) is 6.54 Å². The summed E-state index contributed by atoms with van der Waals surface area (Å²) < 4.78 is 26.8. The third kappa shape index (κ3) is 4.05. The van der Waals surface area contributed by atoms with Crippen molar-refractivity contribution >= 4 is 23.3 Å². The summed E-state index contributed by atoms with van der Waals surface area (Å²) in [5, 5.41) is 1.09. The molecule has 4 aromatic rings. The highest BCUT2D eigenvalue weighted by molar-refractivity contribution is 5.89. The Hall–Kier alpha value is -3.05. The molecule has 0 saturated heterocycles. The zero-order valence-corrected chi connectivity index (χ0v) is 17.3. The van der Waals surface area contributed by atoms with Crippen LogP contribution in [0.25, 0.3) is 10.9 Å². The van der Waals surface area contributed by atoms with Gasteiger partial charge in [-0.1, -0.05) is 12.1 Å². The molecule has 0 unspecified atom stereocenters. The van der Waals surface area contributed by atoms with Crippen LogP contribution in [0.15, 0.2) is 60.8 Å². The van der Waals surface area contributed by atoms with Crippen LogP contribution in [0.1, 0.15) is 16.8 Å². The van der Waals surface area contributed by atoms with Gasteiger partial charge >= 0.3 is 0 Å². The number of halogens is 2. The normalized spacial score (nSPS) is 10.6. The lowest BCUT2D eigenvalue weighted by Gasteiger charge is -2.12. The summed E-state index contributed by atoms with van der Waals surface area (Å²) in [5.74, 6) is 1.57. The third-order valence-corrected chi connectivity index (χ3v) is 5.02. The van der Waals surface area contributed by atoms with Crippen LogP contribution in [0, 0.1) is 19.7 Å². The number of methoxy groups -OCH3 is 1. The summed E-state index contributed by atoms with van der Waals surface area (Å²) in [5.41, 5.74) is 4.37. The van der Waals surface area contributed by atoms with Crippen molar-refractivity contribution < 1.29 is 13.9 Å². The molecule has 0 aliphatic rings. The first kappa shape index (κ1) is 20.7. The van der Waals surface area contributed by atoms with Gasteiger partial charge in [-0.3, -0.25) is 0 Å². The van der Waals surface area contributed by atoms with Crippen molar-refractivity contribution in [1.82, 2.24) is 9.55 Å². The molecule has 2 aromatic carbocycles. The van der Waals surface area contributed by atoms with E-state index in [2.05, 4.69) is 29.5 Å². The molecule has 0 N–H and O–H groups in total. The van der Waals surface area contributed by atoms with E-state index in [1.54, 1.807) is 25.4 Å². The number of aromatic nitrogens is 2. The second-order valence-electron chi connectivity index (χ2n) is 6.72. The lowest BCUT2D eigenvalue weighted by Crippen LogP contribution is -2.03. The van der Waals surface area contributed by atoms with Crippen LogP contribution in [0.5, 0.6) is 17.4 Å². The number of hydrogen-bond donors (Lipinski definition) is 0. The first-order chi connectivity index (χ1) is 13.6. The van der Waals surface area contributed by atoms with Crippen LogP contribution in [0.2, 0.25) is 0 Å². The molecule has 0 amide bonds. The maximum absolute atomic E-state index is 13.2. The number of fused-ring (bicyclic) bond motifs is 1. The second-order valence-corrected chi connectivity index (χ2v) is 6.72.